The first-order valence-electron chi connectivity index (χ1n) is 6.94. The highest BCUT2D eigenvalue weighted by atomic mass is 32.2. The molecule has 0 saturated carbocycles. The maximum absolute atomic E-state index is 11.7. The summed E-state index contributed by atoms with van der Waals surface area (Å²) in [6.07, 6.45) is 3.68. The highest BCUT2D eigenvalue weighted by molar-refractivity contribution is 7.99. The molecule has 0 spiro atoms. The lowest BCUT2D eigenvalue weighted by Gasteiger charge is -2.07. The molecule has 0 aliphatic rings. The van der Waals surface area contributed by atoms with E-state index in [1.165, 1.54) is 0 Å². The predicted molar refractivity (Wildman–Crippen MR) is 87.1 cm³/mol. The molecule has 0 unspecified atom stereocenters. The fourth-order valence-electron chi connectivity index (χ4n) is 1.74. The van der Waals surface area contributed by atoms with Crippen molar-refractivity contribution in [2.75, 3.05) is 32.1 Å². The van der Waals surface area contributed by atoms with Crippen molar-refractivity contribution in [1.29, 1.82) is 0 Å². The first-order chi connectivity index (χ1) is 10.7. The Morgan fingerprint density at radius 1 is 1.36 bits per heavy atom. The molecule has 2 aromatic rings. The molecule has 0 atom stereocenters. The number of aryl methyl sites for hydroxylation is 1. The second kappa shape index (κ2) is 8.57. The summed E-state index contributed by atoms with van der Waals surface area (Å²) in [4.78, 5) is 17.1. The molecule has 118 valence electrons. The molecule has 0 bridgehead atoms. The molecule has 6 nitrogen and oxygen atoms in total. The quantitative estimate of drug-likeness (QED) is 0.725. The SMILES string of the molecule is COCCNCC(=O)Nc1ccc(Sc2nccn2C)cc1. The Kier molecular flexibility index (Phi) is 6.45. The van der Waals surface area contributed by atoms with Crippen molar-refractivity contribution in [2.24, 2.45) is 7.05 Å². The highest BCUT2D eigenvalue weighted by Gasteiger charge is 2.04. The number of hydrogen-bond donors (Lipinski definition) is 2. The molecule has 0 fully saturated rings. The molecular formula is C15H20N4O2S. The summed E-state index contributed by atoms with van der Waals surface area (Å²) in [7, 11) is 3.59. The summed E-state index contributed by atoms with van der Waals surface area (Å²) in [6.45, 7) is 1.52. The minimum Gasteiger partial charge on any atom is -0.383 e. The average Bonchev–Trinajstić information content (AvgIpc) is 2.91. The topological polar surface area (TPSA) is 68.2 Å². The zero-order valence-electron chi connectivity index (χ0n) is 12.7. The van der Waals surface area contributed by atoms with Gasteiger partial charge in [0.2, 0.25) is 5.91 Å². The number of nitrogens with zero attached hydrogens (tertiary/aromatic N) is 2. The second-order valence-electron chi connectivity index (χ2n) is 4.66. The number of benzene rings is 1. The number of aromatic nitrogens is 2. The van der Waals surface area contributed by atoms with Crippen LogP contribution in [-0.4, -0.2) is 42.3 Å². The van der Waals surface area contributed by atoms with Gasteiger partial charge in [-0.3, -0.25) is 4.79 Å². The van der Waals surface area contributed by atoms with Crippen molar-refractivity contribution in [3.63, 3.8) is 0 Å². The van der Waals surface area contributed by atoms with Crippen molar-refractivity contribution in [1.82, 2.24) is 14.9 Å². The van der Waals surface area contributed by atoms with E-state index in [9.17, 15) is 4.79 Å². The molecule has 22 heavy (non-hydrogen) atoms. The van der Waals surface area contributed by atoms with Crippen molar-refractivity contribution < 1.29 is 9.53 Å². The molecule has 1 amide bonds. The van der Waals surface area contributed by atoms with Gasteiger partial charge in [-0.1, -0.05) is 11.8 Å². The van der Waals surface area contributed by atoms with Crippen LogP contribution in [0.1, 0.15) is 0 Å². The number of hydrogen-bond acceptors (Lipinski definition) is 5. The summed E-state index contributed by atoms with van der Waals surface area (Å²) in [6, 6.07) is 7.71. The van der Waals surface area contributed by atoms with Crippen LogP contribution in [0.3, 0.4) is 0 Å². The Hall–Kier alpha value is -1.83. The molecular weight excluding hydrogens is 300 g/mol. The van der Waals surface area contributed by atoms with Gasteiger partial charge in [-0.25, -0.2) is 4.98 Å². The van der Waals surface area contributed by atoms with Crippen LogP contribution in [0.15, 0.2) is 46.7 Å². The Morgan fingerprint density at radius 3 is 2.77 bits per heavy atom. The van der Waals surface area contributed by atoms with Gasteiger partial charge < -0.3 is 19.9 Å². The van der Waals surface area contributed by atoms with Gasteiger partial charge in [-0.05, 0) is 24.3 Å². The standard InChI is InChI=1S/C15H20N4O2S/c1-19-9-7-17-15(19)22-13-5-3-12(4-6-13)18-14(20)11-16-8-10-21-2/h3-7,9,16H,8,10-11H2,1-2H3,(H,18,20). The Balaban J connectivity index is 1.81. The van der Waals surface area contributed by atoms with E-state index < -0.39 is 0 Å². The Morgan fingerprint density at radius 2 is 2.14 bits per heavy atom. The van der Waals surface area contributed by atoms with Crippen molar-refractivity contribution in [3.05, 3.63) is 36.7 Å². The highest BCUT2D eigenvalue weighted by Crippen LogP contribution is 2.26. The number of amides is 1. The number of ether oxygens (including phenoxy) is 1. The fourth-order valence-corrected chi connectivity index (χ4v) is 2.54. The van der Waals surface area contributed by atoms with E-state index in [0.29, 0.717) is 13.2 Å². The smallest absolute Gasteiger partial charge is 0.238 e. The molecule has 1 heterocycles. The summed E-state index contributed by atoms with van der Waals surface area (Å²) in [5.41, 5.74) is 0.780. The minimum absolute atomic E-state index is 0.0689. The number of methoxy groups -OCH3 is 1. The van der Waals surface area contributed by atoms with E-state index in [-0.39, 0.29) is 12.5 Å². The minimum atomic E-state index is -0.0689. The van der Waals surface area contributed by atoms with Crippen molar-refractivity contribution in [3.8, 4) is 0 Å². The average molecular weight is 320 g/mol. The number of imidazole rings is 1. The second-order valence-corrected chi connectivity index (χ2v) is 5.71. The summed E-state index contributed by atoms with van der Waals surface area (Å²) >= 11 is 1.58. The first-order valence-corrected chi connectivity index (χ1v) is 7.75. The zero-order chi connectivity index (χ0) is 15.8. The summed E-state index contributed by atoms with van der Waals surface area (Å²) in [5.74, 6) is -0.0689. The van der Waals surface area contributed by atoms with Gasteiger partial charge in [0.1, 0.15) is 0 Å². The van der Waals surface area contributed by atoms with Crippen LogP contribution in [0.2, 0.25) is 0 Å². The van der Waals surface area contributed by atoms with Gasteiger partial charge in [0, 0.05) is 43.7 Å². The van der Waals surface area contributed by atoms with Gasteiger partial charge in [0.25, 0.3) is 0 Å². The third-order valence-electron chi connectivity index (χ3n) is 2.89. The molecule has 0 aliphatic heterocycles. The number of carbonyl (C=O) groups is 1. The first kappa shape index (κ1) is 16.5. The monoisotopic (exact) mass is 320 g/mol. The van der Waals surface area contributed by atoms with E-state index in [4.69, 9.17) is 4.74 Å². The molecule has 1 aromatic carbocycles. The number of carbonyl (C=O) groups excluding carboxylic acids is 1. The number of anilines is 1. The predicted octanol–water partition coefficient (Wildman–Crippen LogP) is 1.75. The Labute approximate surface area is 134 Å². The largest absolute Gasteiger partial charge is 0.383 e. The van der Waals surface area contributed by atoms with E-state index in [0.717, 1.165) is 15.7 Å². The molecule has 2 rings (SSSR count). The number of rotatable bonds is 8. The van der Waals surface area contributed by atoms with Crippen LogP contribution in [0.5, 0.6) is 0 Å². The van der Waals surface area contributed by atoms with Crippen LogP contribution in [-0.2, 0) is 16.6 Å². The van der Waals surface area contributed by atoms with Crippen molar-refractivity contribution in [2.45, 2.75) is 10.1 Å². The van der Waals surface area contributed by atoms with Crippen LogP contribution in [0.4, 0.5) is 5.69 Å². The number of nitrogens with one attached hydrogen (secondary N) is 2. The fraction of sp³-hybridized carbons (Fsp3) is 0.333. The Bertz CT molecular complexity index is 598. The lowest BCUT2D eigenvalue weighted by atomic mass is 10.3. The lowest BCUT2D eigenvalue weighted by molar-refractivity contribution is -0.115. The van der Waals surface area contributed by atoms with Crippen molar-refractivity contribution >= 4 is 23.4 Å². The van der Waals surface area contributed by atoms with Gasteiger partial charge >= 0.3 is 0 Å². The lowest BCUT2D eigenvalue weighted by Crippen LogP contribution is -2.30. The van der Waals surface area contributed by atoms with E-state index >= 15 is 0 Å². The van der Waals surface area contributed by atoms with Gasteiger partial charge in [-0.15, -0.1) is 0 Å². The maximum Gasteiger partial charge on any atom is 0.238 e. The van der Waals surface area contributed by atoms with Crippen LogP contribution >= 0.6 is 11.8 Å². The molecule has 7 heteroatoms. The third-order valence-corrected chi connectivity index (χ3v) is 3.98. The van der Waals surface area contributed by atoms with Gasteiger partial charge in [-0.2, -0.15) is 0 Å². The van der Waals surface area contributed by atoms with Crippen LogP contribution < -0.4 is 10.6 Å². The molecule has 1 aromatic heterocycles. The normalized spacial score (nSPS) is 10.6. The zero-order valence-corrected chi connectivity index (χ0v) is 13.5. The molecule has 2 N–H and O–H groups in total. The third kappa shape index (κ3) is 5.18. The van der Waals surface area contributed by atoms with E-state index in [1.807, 2.05) is 42.1 Å². The van der Waals surface area contributed by atoms with E-state index in [2.05, 4.69) is 15.6 Å². The van der Waals surface area contributed by atoms with E-state index in [1.54, 1.807) is 25.1 Å². The molecule has 0 radical (unpaired) electrons. The molecule has 0 saturated heterocycles. The molecule has 0 aliphatic carbocycles. The van der Waals surface area contributed by atoms with Gasteiger partial charge in [0.15, 0.2) is 5.16 Å². The summed E-state index contributed by atoms with van der Waals surface area (Å²) < 4.78 is 6.87. The summed E-state index contributed by atoms with van der Waals surface area (Å²) in [5, 5.41) is 6.78. The maximum atomic E-state index is 11.7. The van der Waals surface area contributed by atoms with Crippen LogP contribution in [0, 0.1) is 0 Å². The van der Waals surface area contributed by atoms with Crippen LogP contribution in [0.25, 0.3) is 0 Å². The van der Waals surface area contributed by atoms with Gasteiger partial charge in [0.05, 0.1) is 13.2 Å².